The first-order valence-electron chi connectivity index (χ1n) is 7.20. The van der Waals surface area contributed by atoms with E-state index in [1.807, 2.05) is 0 Å². The van der Waals surface area contributed by atoms with E-state index in [1.165, 1.54) is 0 Å². The summed E-state index contributed by atoms with van der Waals surface area (Å²) in [4.78, 5) is 4.35. The normalized spacial score (nSPS) is 13.9. The van der Waals surface area contributed by atoms with E-state index >= 15 is 0 Å². The van der Waals surface area contributed by atoms with E-state index in [2.05, 4.69) is 62.0 Å². The molecule has 0 aliphatic rings. The average Bonchev–Trinajstić information content (AvgIpc) is 2.49. The molecular formula is C16H28N2O2. The van der Waals surface area contributed by atoms with Crippen LogP contribution in [0, 0.1) is 0 Å². The number of methoxy groups -OCH3 is 2. The third-order valence-electron chi connectivity index (χ3n) is 3.75. The van der Waals surface area contributed by atoms with Gasteiger partial charge in [-0.1, -0.05) is 26.0 Å². The number of rotatable bonds is 8. The molecule has 4 heteroatoms. The highest BCUT2D eigenvalue weighted by molar-refractivity contribution is 5.71. The van der Waals surface area contributed by atoms with Gasteiger partial charge in [0.1, 0.15) is 12.5 Å². The molecule has 0 fully saturated rings. The van der Waals surface area contributed by atoms with E-state index in [0.29, 0.717) is 0 Å². The van der Waals surface area contributed by atoms with Crippen LogP contribution in [-0.2, 0) is 9.47 Å². The van der Waals surface area contributed by atoms with Crippen LogP contribution in [-0.4, -0.2) is 40.8 Å². The van der Waals surface area contributed by atoms with Crippen LogP contribution >= 0.6 is 0 Å². The molecule has 20 heavy (non-hydrogen) atoms. The van der Waals surface area contributed by atoms with Gasteiger partial charge >= 0.3 is 0 Å². The molecule has 1 aromatic rings. The highest BCUT2D eigenvalue weighted by atomic mass is 16.5. The summed E-state index contributed by atoms with van der Waals surface area (Å²) in [6.45, 7) is 4.25. The fraction of sp³-hybridized carbons (Fsp3) is 0.625. The van der Waals surface area contributed by atoms with Crippen LogP contribution in [0.15, 0.2) is 24.3 Å². The van der Waals surface area contributed by atoms with Gasteiger partial charge in [0.05, 0.1) is 11.4 Å². The van der Waals surface area contributed by atoms with Crippen molar-refractivity contribution >= 4 is 11.4 Å². The Labute approximate surface area is 123 Å². The number of hydrogen-bond acceptors (Lipinski definition) is 4. The Morgan fingerprint density at radius 2 is 1.20 bits per heavy atom. The summed E-state index contributed by atoms with van der Waals surface area (Å²) in [5.41, 5.74) is 2.30. The van der Waals surface area contributed by atoms with E-state index in [4.69, 9.17) is 9.47 Å². The molecule has 2 unspecified atom stereocenters. The van der Waals surface area contributed by atoms with Gasteiger partial charge < -0.3 is 19.3 Å². The predicted octanol–water partition coefficient (Wildman–Crippen LogP) is 3.32. The first kappa shape index (κ1) is 16.8. The van der Waals surface area contributed by atoms with Gasteiger partial charge in [-0.25, -0.2) is 0 Å². The van der Waals surface area contributed by atoms with Crippen molar-refractivity contribution in [2.75, 3.05) is 38.1 Å². The maximum atomic E-state index is 5.54. The lowest BCUT2D eigenvalue weighted by molar-refractivity contribution is 0.0971. The number of nitrogens with zero attached hydrogens (tertiary/aromatic N) is 2. The quantitative estimate of drug-likeness (QED) is 0.682. The molecule has 0 N–H and O–H groups in total. The van der Waals surface area contributed by atoms with Gasteiger partial charge in [-0.3, -0.25) is 0 Å². The van der Waals surface area contributed by atoms with Crippen molar-refractivity contribution < 1.29 is 9.47 Å². The zero-order valence-corrected chi connectivity index (χ0v) is 13.6. The predicted molar refractivity (Wildman–Crippen MR) is 85.4 cm³/mol. The molecule has 1 aromatic carbocycles. The van der Waals surface area contributed by atoms with Crippen LogP contribution in [0.4, 0.5) is 11.4 Å². The van der Waals surface area contributed by atoms with Crippen LogP contribution in [0.5, 0.6) is 0 Å². The van der Waals surface area contributed by atoms with E-state index in [9.17, 15) is 0 Å². The average molecular weight is 280 g/mol. The Hall–Kier alpha value is -1.26. The van der Waals surface area contributed by atoms with Crippen LogP contribution in [0.1, 0.15) is 26.7 Å². The van der Waals surface area contributed by atoms with Crippen molar-refractivity contribution in [3.8, 4) is 0 Å². The summed E-state index contributed by atoms with van der Waals surface area (Å²) in [5, 5.41) is 0. The summed E-state index contributed by atoms with van der Waals surface area (Å²) in [6, 6.07) is 8.35. The standard InChI is InChI=1S/C16H28N2O2/c1-7-15(19-5)17(3)13-11-9-10-12-14(13)18(4)16(8-2)20-6/h9-12,15-16H,7-8H2,1-6H3. The van der Waals surface area contributed by atoms with Gasteiger partial charge in [-0.15, -0.1) is 0 Å². The molecule has 0 amide bonds. The maximum absolute atomic E-state index is 5.54. The number of ether oxygens (including phenoxy) is 2. The van der Waals surface area contributed by atoms with Crippen molar-refractivity contribution in [2.45, 2.75) is 39.1 Å². The smallest absolute Gasteiger partial charge is 0.129 e. The van der Waals surface area contributed by atoms with Crippen LogP contribution < -0.4 is 9.80 Å². The third kappa shape index (κ3) is 3.64. The van der Waals surface area contributed by atoms with E-state index in [0.717, 1.165) is 24.2 Å². The minimum atomic E-state index is 0.0761. The van der Waals surface area contributed by atoms with Crippen LogP contribution in [0.3, 0.4) is 0 Å². The third-order valence-corrected chi connectivity index (χ3v) is 3.75. The van der Waals surface area contributed by atoms with Crippen molar-refractivity contribution in [3.05, 3.63) is 24.3 Å². The number of hydrogen-bond donors (Lipinski definition) is 0. The number of benzene rings is 1. The Bertz CT molecular complexity index is 353. The van der Waals surface area contributed by atoms with E-state index in [1.54, 1.807) is 14.2 Å². The molecule has 0 saturated carbocycles. The first-order valence-corrected chi connectivity index (χ1v) is 7.20. The minimum absolute atomic E-state index is 0.0761. The zero-order chi connectivity index (χ0) is 15.1. The molecule has 4 nitrogen and oxygen atoms in total. The Morgan fingerprint density at radius 1 is 0.850 bits per heavy atom. The molecule has 0 aliphatic heterocycles. The lowest BCUT2D eigenvalue weighted by Gasteiger charge is -2.35. The summed E-state index contributed by atoms with van der Waals surface area (Å²) >= 11 is 0. The molecule has 0 aliphatic carbocycles. The summed E-state index contributed by atoms with van der Waals surface area (Å²) in [5.74, 6) is 0. The summed E-state index contributed by atoms with van der Waals surface area (Å²) in [6.07, 6.45) is 2.03. The van der Waals surface area contributed by atoms with E-state index < -0.39 is 0 Å². The molecule has 2 atom stereocenters. The molecule has 114 valence electrons. The number of anilines is 2. The van der Waals surface area contributed by atoms with Crippen molar-refractivity contribution in [2.24, 2.45) is 0 Å². The van der Waals surface area contributed by atoms with Gasteiger partial charge in [-0.05, 0) is 25.0 Å². The second-order valence-electron chi connectivity index (χ2n) is 4.91. The first-order chi connectivity index (χ1) is 9.60. The molecule has 0 aromatic heterocycles. The highest BCUT2D eigenvalue weighted by Gasteiger charge is 2.20. The van der Waals surface area contributed by atoms with Gasteiger partial charge in [0, 0.05) is 28.3 Å². The highest BCUT2D eigenvalue weighted by Crippen LogP contribution is 2.31. The van der Waals surface area contributed by atoms with Gasteiger partial charge in [-0.2, -0.15) is 0 Å². The summed E-state index contributed by atoms with van der Waals surface area (Å²) in [7, 11) is 7.64. The Balaban J connectivity index is 3.09. The Kier molecular flexibility index (Phi) is 6.82. The monoisotopic (exact) mass is 280 g/mol. The molecule has 0 heterocycles. The van der Waals surface area contributed by atoms with Crippen molar-refractivity contribution in [1.82, 2.24) is 0 Å². The van der Waals surface area contributed by atoms with Gasteiger partial charge in [0.15, 0.2) is 0 Å². The van der Waals surface area contributed by atoms with Crippen molar-refractivity contribution in [1.29, 1.82) is 0 Å². The topological polar surface area (TPSA) is 24.9 Å². The SMILES string of the molecule is CCC(OC)N(C)c1ccccc1N(C)C(CC)OC. The minimum Gasteiger partial charge on any atom is -0.362 e. The van der Waals surface area contributed by atoms with Crippen LogP contribution in [0.2, 0.25) is 0 Å². The van der Waals surface area contributed by atoms with Gasteiger partial charge in [0.25, 0.3) is 0 Å². The zero-order valence-electron chi connectivity index (χ0n) is 13.6. The number of para-hydroxylation sites is 2. The molecule has 1 rings (SSSR count). The maximum Gasteiger partial charge on any atom is 0.129 e. The fourth-order valence-electron chi connectivity index (χ4n) is 2.57. The molecular weight excluding hydrogens is 252 g/mol. The van der Waals surface area contributed by atoms with Gasteiger partial charge in [0.2, 0.25) is 0 Å². The molecule has 0 radical (unpaired) electrons. The largest absolute Gasteiger partial charge is 0.362 e. The van der Waals surface area contributed by atoms with Crippen LogP contribution in [0.25, 0.3) is 0 Å². The Morgan fingerprint density at radius 3 is 1.45 bits per heavy atom. The second kappa shape index (κ2) is 8.12. The molecule has 0 saturated heterocycles. The second-order valence-corrected chi connectivity index (χ2v) is 4.91. The van der Waals surface area contributed by atoms with E-state index in [-0.39, 0.29) is 12.5 Å². The lowest BCUT2D eigenvalue weighted by Crippen LogP contribution is -2.37. The molecule has 0 spiro atoms. The lowest BCUT2D eigenvalue weighted by atomic mass is 10.2. The fourth-order valence-corrected chi connectivity index (χ4v) is 2.57. The summed E-state index contributed by atoms with van der Waals surface area (Å²) < 4.78 is 11.1. The molecule has 0 bridgehead atoms. The van der Waals surface area contributed by atoms with Crippen molar-refractivity contribution in [3.63, 3.8) is 0 Å².